The van der Waals surface area contributed by atoms with E-state index in [-0.39, 0.29) is 7.43 Å². The zero-order chi connectivity index (χ0) is 11.0. The highest BCUT2D eigenvalue weighted by Gasteiger charge is 2.07. The number of H-pyrrole nitrogens is 1. The standard InChI is InChI=1S/C13H18N2.CH4/c1-8(2)10-5-6-11-12(7-10)15-13(14-11)9(3)4;/h5-9H,1-4H3,(H,14,15);1H4. The third-order valence-corrected chi connectivity index (χ3v) is 2.74. The van der Waals surface area contributed by atoms with Gasteiger partial charge >= 0.3 is 0 Å². The van der Waals surface area contributed by atoms with Gasteiger partial charge < -0.3 is 4.98 Å². The molecule has 88 valence electrons. The van der Waals surface area contributed by atoms with Crippen LogP contribution in [0.2, 0.25) is 0 Å². The van der Waals surface area contributed by atoms with Gasteiger partial charge in [0.15, 0.2) is 0 Å². The summed E-state index contributed by atoms with van der Waals surface area (Å²) in [7, 11) is 0. The van der Waals surface area contributed by atoms with Gasteiger partial charge in [0.2, 0.25) is 0 Å². The lowest BCUT2D eigenvalue weighted by Crippen LogP contribution is -1.88. The van der Waals surface area contributed by atoms with Crippen LogP contribution in [0.5, 0.6) is 0 Å². The fourth-order valence-corrected chi connectivity index (χ4v) is 1.68. The number of hydrogen-bond acceptors (Lipinski definition) is 1. The molecule has 0 saturated carbocycles. The molecule has 16 heavy (non-hydrogen) atoms. The van der Waals surface area contributed by atoms with E-state index in [0.717, 1.165) is 16.9 Å². The highest BCUT2D eigenvalue weighted by molar-refractivity contribution is 5.76. The van der Waals surface area contributed by atoms with E-state index in [2.05, 4.69) is 55.9 Å². The van der Waals surface area contributed by atoms with Gasteiger partial charge in [-0.15, -0.1) is 0 Å². The summed E-state index contributed by atoms with van der Waals surface area (Å²) in [6, 6.07) is 6.48. The van der Waals surface area contributed by atoms with Crippen LogP contribution in [0.15, 0.2) is 18.2 Å². The number of imidazole rings is 1. The average Bonchev–Trinajstić information content (AvgIpc) is 2.59. The molecule has 0 saturated heterocycles. The van der Waals surface area contributed by atoms with E-state index in [1.54, 1.807) is 0 Å². The number of nitrogens with one attached hydrogen (secondary N) is 1. The van der Waals surface area contributed by atoms with E-state index in [0.29, 0.717) is 11.8 Å². The van der Waals surface area contributed by atoms with Gasteiger partial charge in [0.25, 0.3) is 0 Å². The van der Waals surface area contributed by atoms with Crippen molar-refractivity contribution in [2.45, 2.75) is 47.0 Å². The molecule has 0 radical (unpaired) electrons. The second kappa shape index (κ2) is 4.69. The Morgan fingerprint density at radius 2 is 1.75 bits per heavy atom. The number of nitrogens with zero attached hydrogens (tertiary/aromatic N) is 1. The molecule has 0 fully saturated rings. The zero-order valence-corrected chi connectivity index (χ0v) is 9.83. The maximum Gasteiger partial charge on any atom is 0.109 e. The van der Waals surface area contributed by atoms with Crippen LogP contribution in [0.3, 0.4) is 0 Å². The van der Waals surface area contributed by atoms with Crippen molar-refractivity contribution in [3.8, 4) is 0 Å². The topological polar surface area (TPSA) is 28.7 Å². The number of fused-ring (bicyclic) bond motifs is 1. The van der Waals surface area contributed by atoms with Crippen LogP contribution in [-0.2, 0) is 0 Å². The summed E-state index contributed by atoms with van der Waals surface area (Å²) in [5.74, 6) is 2.10. The van der Waals surface area contributed by atoms with Crippen LogP contribution in [0.25, 0.3) is 11.0 Å². The lowest BCUT2D eigenvalue weighted by molar-refractivity contribution is 0.799. The van der Waals surface area contributed by atoms with Crippen LogP contribution >= 0.6 is 0 Å². The van der Waals surface area contributed by atoms with Crippen molar-refractivity contribution < 1.29 is 0 Å². The Morgan fingerprint density at radius 3 is 2.31 bits per heavy atom. The monoisotopic (exact) mass is 218 g/mol. The Kier molecular flexibility index (Phi) is 3.74. The molecule has 0 bridgehead atoms. The van der Waals surface area contributed by atoms with Crippen molar-refractivity contribution in [3.05, 3.63) is 29.6 Å². The van der Waals surface area contributed by atoms with E-state index in [4.69, 9.17) is 0 Å². The van der Waals surface area contributed by atoms with Gasteiger partial charge in [-0.1, -0.05) is 41.2 Å². The Hall–Kier alpha value is -1.31. The molecule has 0 atom stereocenters. The quantitative estimate of drug-likeness (QED) is 0.792. The molecule has 0 spiro atoms. The normalized spacial score (nSPS) is 11.1. The van der Waals surface area contributed by atoms with Gasteiger partial charge in [-0.2, -0.15) is 0 Å². The molecular formula is C14H22N2. The molecule has 0 aliphatic carbocycles. The molecule has 2 nitrogen and oxygen atoms in total. The van der Waals surface area contributed by atoms with Crippen molar-refractivity contribution in [1.82, 2.24) is 9.97 Å². The van der Waals surface area contributed by atoms with E-state index in [9.17, 15) is 0 Å². The van der Waals surface area contributed by atoms with E-state index in [1.165, 1.54) is 5.56 Å². The maximum atomic E-state index is 4.56. The molecular weight excluding hydrogens is 196 g/mol. The molecule has 0 aliphatic heterocycles. The van der Waals surface area contributed by atoms with Crippen LogP contribution in [0, 0.1) is 0 Å². The van der Waals surface area contributed by atoms with E-state index < -0.39 is 0 Å². The summed E-state index contributed by atoms with van der Waals surface area (Å²) in [6.45, 7) is 8.73. The SMILES string of the molecule is C.CC(C)c1ccc2nc(C(C)C)[nH]c2c1. The number of hydrogen-bond donors (Lipinski definition) is 1. The van der Waals surface area contributed by atoms with E-state index in [1.807, 2.05) is 0 Å². The van der Waals surface area contributed by atoms with Crippen LogP contribution in [0.4, 0.5) is 0 Å². The smallest absolute Gasteiger partial charge is 0.109 e. The molecule has 2 aromatic rings. The first kappa shape index (κ1) is 12.8. The second-order valence-corrected chi connectivity index (χ2v) is 4.71. The summed E-state index contributed by atoms with van der Waals surface area (Å²) in [4.78, 5) is 7.94. The Bertz CT molecular complexity index is 461. The average molecular weight is 218 g/mol. The first-order valence-corrected chi connectivity index (χ1v) is 5.57. The van der Waals surface area contributed by atoms with Gasteiger partial charge in [-0.25, -0.2) is 4.98 Å². The lowest BCUT2D eigenvalue weighted by Gasteiger charge is -2.03. The second-order valence-electron chi connectivity index (χ2n) is 4.71. The molecule has 0 unspecified atom stereocenters. The lowest BCUT2D eigenvalue weighted by atomic mass is 10.0. The van der Waals surface area contributed by atoms with E-state index >= 15 is 0 Å². The predicted molar refractivity (Wildman–Crippen MR) is 71.0 cm³/mol. The minimum absolute atomic E-state index is 0. The molecule has 2 heteroatoms. The largest absolute Gasteiger partial charge is 0.342 e. The third kappa shape index (κ3) is 2.26. The van der Waals surface area contributed by atoms with Crippen molar-refractivity contribution in [3.63, 3.8) is 0 Å². The minimum Gasteiger partial charge on any atom is -0.342 e. The summed E-state index contributed by atoms with van der Waals surface area (Å²) < 4.78 is 0. The summed E-state index contributed by atoms with van der Waals surface area (Å²) in [6.07, 6.45) is 0. The number of aromatic amines is 1. The molecule has 1 N–H and O–H groups in total. The van der Waals surface area contributed by atoms with Gasteiger partial charge in [0, 0.05) is 5.92 Å². The van der Waals surface area contributed by atoms with Gasteiger partial charge in [0.1, 0.15) is 5.82 Å². The summed E-state index contributed by atoms with van der Waals surface area (Å²) >= 11 is 0. The van der Waals surface area contributed by atoms with Crippen molar-refractivity contribution in [2.24, 2.45) is 0 Å². The van der Waals surface area contributed by atoms with Crippen LogP contribution in [0.1, 0.15) is 58.3 Å². The zero-order valence-electron chi connectivity index (χ0n) is 9.83. The molecule has 2 rings (SSSR count). The minimum atomic E-state index is 0. The summed E-state index contributed by atoms with van der Waals surface area (Å²) in [5, 5.41) is 0. The van der Waals surface area contributed by atoms with Crippen molar-refractivity contribution in [2.75, 3.05) is 0 Å². The highest BCUT2D eigenvalue weighted by Crippen LogP contribution is 2.21. The van der Waals surface area contributed by atoms with Gasteiger partial charge in [-0.3, -0.25) is 0 Å². The first-order chi connectivity index (χ1) is 7.08. The molecule has 1 heterocycles. The Balaban J connectivity index is 0.00000128. The number of rotatable bonds is 2. The number of aromatic nitrogens is 2. The maximum absolute atomic E-state index is 4.56. The highest BCUT2D eigenvalue weighted by atomic mass is 14.9. The molecule has 0 amide bonds. The summed E-state index contributed by atoms with van der Waals surface area (Å²) in [5.41, 5.74) is 3.59. The third-order valence-electron chi connectivity index (χ3n) is 2.74. The van der Waals surface area contributed by atoms with Crippen molar-refractivity contribution >= 4 is 11.0 Å². The number of benzene rings is 1. The molecule has 0 aliphatic rings. The van der Waals surface area contributed by atoms with Crippen molar-refractivity contribution in [1.29, 1.82) is 0 Å². The Morgan fingerprint density at radius 1 is 1.06 bits per heavy atom. The molecule has 1 aromatic heterocycles. The van der Waals surface area contributed by atoms with Crippen LogP contribution < -0.4 is 0 Å². The predicted octanol–water partition coefficient (Wildman–Crippen LogP) is 4.45. The van der Waals surface area contributed by atoms with Gasteiger partial charge in [0.05, 0.1) is 11.0 Å². The fourth-order valence-electron chi connectivity index (χ4n) is 1.68. The molecule has 1 aromatic carbocycles. The fraction of sp³-hybridized carbons (Fsp3) is 0.500. The van der Waals surface area contributed by atoms with Gasteiger partial charge in [-0.05, 0) is 23.6 Å². The Labute approximate surface area is 98.1 Å². The first-order valence-electron chi connectivity index (χ1n) is 5.57. The van der Waals surface area contributed by atoms with Crippen LogP contribution in [-0.4, -0.2) is 9.97 Å².